The highest BCUT2D eigenvalue weighted by molar-refractivity contribution is 7.10. The van der Waals surface area contributed by atoms with E-state index in [1.54, 1.807) is 11.5 Å². The van der Waals surface area contributed by atoms with E-state index in [0.717, 1.165) is 27.3 Å². The van der Waals surface area contributed by atoms with Gasteiger partial charge in [-0.2, -0.15) is 0 Å². The fourth-order valence-corrected chi connectivity index (χ4v) is 7.37. The maximum Gasteiger partial charge on any atom is 0.338 e. The summed E-state index contributed by atoms with van der Waals surface area (Å²) in [7, 11) is 0. The smallest absolute Gasteiger partial charge is 0.338 e. The van der Waals surface area contributed by atoms with E-state index in [1.807, 2.05) is 96.4 Å². The van der Waals surface area contributed by atoms with E-state index in [9.17, 15) is 9.59 Å². The first kappa shape index (κ1) is 28.7. The first-order valence-corrected chi connectivity index (χ1v) is 16.3. The van der Waals surface area contributed by atoms with Crippen molar-refractivity contribution in [2.75, 3.05) is 6.61 Å². The molecule has 6 aromatic rings. The third kappa shape index (κ3) is 5.66. The summed E-state index contributed by atoms with van der Waals surface area (Å²) in [5, 5.41) is 4.30. The molecule has 0 radical (unpaired) electrons. The highest BCUT2D eigenvalue weighted by Crippen LogP contribution is 2.36. The van der Waals surface area contributed by atoms with Crippen LogP contribution >= 0.6 is 22.7 Å². The topological polar surface area (TPSA) is 69.9 Å². The molecule has 0 amide bonds. The van der Waals surface area contributed by atoms with Gasteiger partial charge in [0.25, 0.3) is 5.56 Å². The molecule has 1 aliphatic heterocycles. The normalized spacial score (nSPS) is 14.7. The van der Waals surface area contributed by atoms with Crippen molar-refractivity contribution >= 4 is 51.2 Å². The first-order chi connectivity index (χ1) is 22.1. The van der Waals surface area contributed by atoms with Gasteiger partial charge >= 0.3 is 5.97 Å². The molecular weight excluding hydrogens is 601 g/mol. The second-order valence-electron chi connectivity index (χ2n) is 10.4. The Labute approximate surface area is 267 Å². The molecule has 0 N–H and O–H groups in total. The molecule has 0 saturated heterocycles. The Morgan fingerprint density at radius 2 is 1.69 bits per heavy atom. The third-order valence-corrected chi connectivity index (χ3v) is 9.55. The summed E-state index contributed by atoms with van der Waals surface area (Å²) >= 11 is 2.81. The number of hydrogen-bond acceptors (Lipinski definition) is 7. The molecule has 1 aliphatic rings. The van der Waals surface area contributed by atoms with Gasteiger partial charge in [0.2, 0.25) is 0 Å². The maximum atomic E-state index is 14.0. The Kier molecular flexibility index (Phi) is 7.98. The molecule has 2 aromatic heterocycles. The van der Waals surface area contributed by atoms with E-state index >= 15 is 0 Å². The Balaban J connectivity index is 1.25. The second kappa shape index (κ2) is 12.5. The molecule has 1 unspecified atom stereocenters. The molecular formula is C37H28N2O4S2. The van der Waals surface area contributed by atoms with Crippen molar-refractivity contribution in [1.29, 1.82) is 0 Å². The number of fused-ring (bicyclic) bond motifs is 2. The van der Waals surface area contributed by atoms with E-state index in [4.69, 9.17) is 14.5 Å². The standard InChI is InChI=1S/C37H28N2O4S2/c1-2-42-36(41)32-33(26-11-4-3-5-12-26)38-37-39(34(32)30-16-9-21-44-30)35(40)31(45-37)22-24-17-19-28(20-18-24)43-23-27-14-8-13-25-10-6-7-15-29(25)27/h3-22,34H,2,23H2,1H3/b31-22-. The Bertz CT molecular complexity index is 2210. The first-order valence-electron chi connectivity index (χ1n) is 14.6. The van der Waals surface area contributed by atoms with Crippen molar-refractivity contribution in [2.45, 2.75) is 19.6 Å². The van der Waals surface area contributed by atoms with Crippen LogP contribution in [0.4, 0.5) is 0 Å². The number of thiazole rings is 1. The number of ether oxygens (including phenoxy) is 2. The maximum absolute atomic E-state index is 14.0. The van der Waals surface area contributed by atoms with Gasteiger partial charge < -0.3 is 9.47 Å². The van der Waals surface area contributed by atoms with Crippen LogP contribution in [0, 0.1) is 0 Å². The summed E-state index contributed by atoms with van der Waals surface area (Å²) in [5.41, 5.74) is 3.44. The lowest BCUT2D eigenvalue weighted by atomic mass is 9.97. The van der Waals surface area contributed by atoms with Crippen molar-refractivity contribution in [3.05, 3.63) is 161 Å². The molecule has 0 aliphatic carbocycles. The van der Waals surface area contributed by atoms with E-state index in [-0.39, 0.29) is 12.2 Å². The zero-order valence-electron chi connectivity index (χ0n) is 24.4. The molecule has 45 heavy (non-hydrogen) atoms. The van der Waals surface area contributed by atoms with Gasteiger partial charge in [-0.15, -0.1) is 11.3 Å². The van der Waals surface area contributed by atoms with E-state index in [1.165, 1.54) is 33.4 Å². The second-order valence-corrected chi connectivity index (χ2v) is 12.4. The summed E-state index contributed by atoms with van der Waals surface area (Å²) < 4.78 is 13.8. The quantitative estimate of drug-likeness (QED) is 0.175. The Morgan fingerprint density at radius 3 is 2.47 bits per heavy atom. The van der Waals surface area contributed by atoms with Crippen LogP contribution in [0.25, 0.3) is 22.5 Å². The third-order valence-electron chi connectivity index (χ3n) is 7.64. The highest BCUT2D eigenvalue weighted by atomic mass is 32.1. The zero-order valence-corrected chi connectivity index (χ0v) is 26.0. The van der Waals surface area contributed by atoms with Gasteiger partial charge in [0.15, 0.2) is 4.80 Å². The number of esters is 1. The Hall–Kier alpha value is -5.05. The zero-order chi connectivity index (χ0) is 30.8. The van der Waals surface area contributed by atoms with Crippen LogP contribution in [0.15, 0.2) is 130 Å². The summed E-state index contributed by atoms with van der Waals surface area (Å²) in [5.74, 6) is 0.262. The van der Waals surface area contributed by atoms with E-state index in [2.05, 4.69) is 24.3 Å². The van der Waals surface area contributed by atoms with Crippen LogP contribution in [-0.4, -0.2) is 17.1 Å². The highest BCUT2D eigenvalue weighted by Gasteiger charge is 2.35. The molecule has 0 spiro atoms. The van der Waals surface area contributed by atoms with Crippen molar-refractivity contribution in [1.82, 2.24) is 4.57 Å². The molecule has 6 nitrogen and oxygen atoms in total. The van der Waals surface area contributed by atoms with Gasteiger partial charge in [-0.3, -0.25) is 9.36 Å². The summed E-state index contributed by atoms with van der Waals surface area (Å²) in [4.78, 5) is 33.8. The van der Waals surface area contributed by atoms with Crippen LogP contribution < -0.4 is 19.6 Å². The predicted octanol–water partition coefficient (Wildman–Crippen LogP) is 6.73. The van der Waals surface area contributed by atoms with Crippen LogP contribution in [0.3, 0.4) is 0 Å². The molecule has 1 atom stereocenters. The molecule has 4 aromatic carbocycles. The van der Waals surface area contributed by atoms with Gasteiger partial charge in [-0.05, 0) is 58.5 Å². The van der Waals surface area contributed by atoms with Crippen LogP contribution in [0.1, 0.15) is 34.5 Å². The minimum Gasteiger partial charge on any atom is -0.489 e. The van der Waals surface area contributed by atoms with Crippen LogP contribution in [0.2, 0.25) is 0 Å². The van der Waals surface area contributed by atoms with Crippen molar-refractivity contribution in [2.24, 2.45) is 4.99 Å². The molecule has 0 saturated carbocycles. The number of nitrogens with zero attached hydrogens (tertiary/aromatic N) is 2. The average Bonchev–Trinajstić information content (AvgIpc) is 3.72. The SMILES string of the molecule is CCOC(=O)C1=C(c2ccccc2)N=c2s/c(=C\c3ccc(OCc4cccc5ccccc45)cc3)c(=O)n2C1c1cccs1. The van der Waals surface area contributed by atoms with Crippen molar-refractivity contribution in [3.8, 4) is 5.75 Å². The summed E-state index contributed by atoms with van der Waals surface area (Å²) in [6.07, 6.45) is 1.86. The molecule has 222 valence electrons. The van der Waals surface area contributed by atoms with Gasteiger partial charge in [0.1, 0.15) is 18.4 Å². The number of hydrogen-bond donors (Lipinski definition) is 0. The number of aromatic nitrogens is 1. The predicted molar refractivity (Wildman–Crippen MR) is 180 cm³/mol. The minimum atomic E-state index is -0.650. The number of carbonyl (C=O) groups is 1. The number of rotatable bonds is 8. The lowest BCUT2D eigenvalue weighted by Gasteiger charge is -2.24. The van der Waals surface area contributed by atoms with Gasteiger partial charge in [0.05, 0.1) is 22.4 Å². The lowest BCUT2D eigenvalue weighted by molar-refractivity contribution is -0.138. The van der Waals surface area contributed by atoms with E-state index < -0.39 is 12.0 Å². The van der Waals surface area contributed by atoms with Crippen molar-refractivity contribution in [3.63, 3.8) is 0 Å². The molecule has 8 heteroatoms. The molecule has 0 fully saturated rings. The fraction of sp³-hybridized carbons (Fsp3) is 0.108. The monoisotopic (exact) mass is 628 g/mol. The molecule has 7 rings (SSSR count). The van der Waals surface area contributed by atoms with Gasteiger partial charge in [0, 0.05) is 10.4 Å². The van der Waals surface area contributed by atoms with E-state index in [0.29, 0.717) is 27.2 Å². The number of benzene rings is 4. The van der Waals surface area contributed by atoms with Crippen LogP contribution in [0.5, 0.6) is 5.75 Å². The summed E-state index contributed by atoms with van der Waals surface area (Å²) in [6.45, 7) is 2.44. The number of carbonyl (C=O) groups excluding carboxylic acids is 1. The largest absolute Gasteiger partial charge is 0.489 e. The lowest BCUT2D eigenvalue weighted by Crippen LogP contribution is -2.39. The van der Waals surface area contributed by atoms with Gasteiger partial charge in [-0.1, -0.05) is 102 Å². The Morgan fingerprint density at radius 1 is 0.911 bits per heavy atom. The summed E-state index contributed by atoms with van der Waals surface area (Å²) in [6, 6.07) is 35.0. The van der Waals surface area contributed by atoms with Crippen molar-refractivity contribution < 1.29 is 14.3 Å². The fourth-order valence-electron chi connectivity index (χ4n) is 5.55. The molecule has 0 bridgehead atoms. The van der Waals surface area contributed by atoms with Crippen LogP contribution in [-0.2, 0) is 16.1 Å². The molecule has 3 heterocycles. The van der Waals surface area contributed by atoms with Gasteiger partial charge in [-0.25, -0.2) is 9.79 Å². The minimum absolute atomic E-state index is 0.206. The average molecular weight is 629 g/mol. The number of thiophene rings is 1.